The van der Waals surface area contributed by atoms with E-state index in [1.807, 2.05) is 0 Å². The smallest absolute Gasteiger partial charge is 0.172 e. The third-order valence-electron chi connectivity index (χ3n) is 5.20. The van der Waals surface area contributed by atoms with E-state index in [1.165, 1.54) is 25.2 Å². The van der Waals surface area contributed by atoms with Crippen LogP contribution in [0.4, 0.5) is 0 Å². The van der Waals surface area contributed by atoms with Crippen LogP contribution in [0, 0.1) is 5.92 Å². The van der Waals surface area contributed by atoms with Crippen LogP contribution in [0.5, 0.6) is 0 Å². The van der Waals surface area contributed by atoms with E-state index < -0.39 is 11.6 Å². The van der Waals surface area contributed by atoms with Gasteiger partial charge in [0.25, 0.3) is 0 Å². The van der Waals surface area contributed by atoms with E-state index >= 15 is 0 Å². The molecule has 4 heterocycles. The normalized spacial score (nSPS) is 54.1. The first-order chi connectivity index (χ1) is 9.23. The maximum Gasteiger partial charge on any atom is 0.172 e. The Morgan fingerprint density at radius 2 is 1.50 bits per heavy atom. The second-order valence-electron chi connectivity index (χ2n) is 7.66. The summed E-state index contributed by atoms with van der Waals surface area (Å²) in [4.78, 5) is 0. The average molecular weight is 300 g/mol. The predicted molar refractivity (Wildman–Crippen MR) is 82.6 cm³/mol. The highest BCUT2D eigenvalue weighted by molar-refractivity contribution is 7.37. The van der Waals surface area contributed by atoms with E-state index in [-0.39, 0.29) is 11.2 Å². The molecule has 4 bridgehead atoms. The molecule has 4 aliphatic rings. The second kappa shape index (κ2) is 4.65. The summed E-state index contributed by atoms with van der Waals surface area (Å²) in [6, 6.07) is 0. The molecule has 0 N–H and O–H groups in total. The van der Waals surface area contributed by atoms with Gasteiger partial charge in [-0.2, -0.15) is 0 Å². The van der Waals surface area contributed by atoms with Crippen LogP contribution in [0.25, 0.3) is 0 Å². The Balaban J connectivity index is 1.79. The third-order valence-corrected chi connectivity index (χ3v) is 6.61. The molecule has 4 rings (SSSR count). The number of ether oxygens (including phenoxy) is 3. The molecular formula is C16H29O3P. The average Bonchev–Trinajstić information content (AvgIpc) is 2.21. The van der Waals surface area contributed by atoms with Crippen molar-refractivity contribution in [3.8, 4) is 0 Å². The first kappa shape index (κ1) is 15.2. The first-order valence-corrected chi connectivity index (χ1v) is 9.45. The van der Waals surface area contributed by atoms with Gasteiger partial charge in [0.1, 0.15) is 0 Å². The van der Waals surface area contributed by atoms with E-state index in [4.69, 9.17) is 14.2 Å². The summed E-state index contributed by atoms with van der Waals surface area (Å²) >= 11 is 0. The van der Waals surface area contributed by atoms with Gasteiger partial charge < -0.3 is 14.2 Å². The molecule has 4 heteroatoms. The second-order valence-corrected chi connectivity index (χ2v) is 9.07. The Hall–Kier alpha value is 0.310. The van der Waals surface area contributed by atoms with Crippen LogP contribution >= 0.6 is 8.58 Å². The summed E-state index contributed by atoms with van der Waals surface area (Å²) in [6.45, 7) is 11.0. The Bertz CT molecular complexity index is 353. The van der Waals surface area contributed by atoms with E-state index in [1.54, 1.807) is 0 Å². The monoisotopic (exact) mass is 300 g/mol. The number of unbranched alkanes of at least 4 members (excludes halogenated alkanes) is 1. The molecule has 0 aliphatic carbocycles. The maximum absolute atomic E-state index is 6.40. The van der Waals surface area contributed by atoms with Crippen molar-refractivity contribution in [2.75, 3.05) is 12.3 Å². The number of hydrogen-bond donors (Lipinski definition) is 0. The summed E-state index contributed by atoms with van der Waals surface area (Å²) in [5.74, 6) is -0.425. The standard InChI is InChI=1S/C16H29O3P/c1-6-7-8-20-9-12-13(2)10-15(4)18-14(12,3)11-16(5,17-13)19-15/h12,20H,6-11H2,1-5H3. The van der Waals surface area contributed by atoms with Crippen molar-refractivity contribution < 1.29 is 14.2 Å². The SMILES string of the molecule is CCCCPCC1C2(C)CC3(C)OC(C)(CC1(C)O3)O2. The van der Waals surface area contributed by atoms with Gasteiger partial charge in [0.15, 0.2) is 11.6 Å². The predicted octanol–water partition coefficient (Wildman–Crippen LogP) is 3.90. The third kappa shape index (κ3) is 2.35. The van der Waals surface area contributed by atoms with Crippen LogP contribution in [0.3, 0.4) is 0 Å². The van der Waals surface area contributed by atoms with Crippen molar-refractivity contribution in [3.05, 3.63) is 0 Å². The van der Waals surface area contributed by atoms with E-state index in [0.29, 0.717) is 5.92 Å². The Kier molecular flexibility index (Phi) is 3.54. The zero-order chi connectivity index (χ0) is 14.6. The Morgan fingerprint density at radius 1 is 0.950 bits per heavy atom. The lowest BCUT2D eigenvalue weighted by atomic mass is 9.65. The number of hydrogen-bond acceptors (Lipinski definition) is 3. The van der Waals surface area contributed by atoms with Gasteiger partial charge in [-0.15, -0.1) is 8.58 Å². The van der Waals surface area contributed by atoms with E-state index in [0.717, 1.165) is 21.4 Å². The molecular weight excluding hydrogens is 271 g/mol. The molecule has 20 heavy (non-hydrogen) atoms. The summed E-state index contributed by atoms with van der Waals surface area (Å²) in [5, 5.41) is 0. The lowest BCUT2D eigenvalue weighted by Gasteiger charge is -2.69. The Labute approximate surface area is 124 Å². The minimum Gasteiger partial charge on any atom is -0.343 e. The minimum atomic E-state index is -0.461. The summed E-state index contributed by atoms with van der Waals surface area (Å²) in [7, 11) is 1.03. The lowest BCUT2D eigenvalue weighted by Crippen LogP contribution is -2.77. The fourth-order valence-corrected chi connectivity index (χ4v) is 6.95. The van der Waals surface area contributed by atoms with Crippen molar-refractivity contribution in [1.29, 1.82) is 0 Å². The summed E-state index contributed by atoms with van der Waals surface area (Å²) < 4.78 is 18.9. The zero-order valence-electron chi connectivity index (χ0n) is 13.5. The lowest BCUT2D eigenvalue weighted by molar-refractivity contribution is -0.525. The molecule has 4 aliphatic heterocycles. The van der Waals surface area contributed by atoms with Crippen molar-refractivity contribution in [2.24, 2.45) is 5.92 Å². The highest BCUT2D eigenvalue weighted by Crippen LogP contribution is 2.62. The van der Waals surface area contributed by atoms with Gasteiger partial charge in [-0.25, -0.2) is 0 Å². The quantitative estimate of drug-likeness (QED) is 0.569. The molecule has 5 atom stereocenters. The largest absolute Gasteiger partial charge is 0.343 e. The highest BCUT2D eigenvalue weighted by Gasteiger charge is 2.70. The molecule has 0 aromatic rings. The molecule has 0 saturated carbocycles. The van der Waals surface area contributed by atoms with Gasteiger partial charge in [-0.3, -0.25) is 0 Å². The van der Waals surface area contributed by atoms with Crippen LogP contribution in [0.2, 0.25) is 0 Å². The van der Waals surface area contributed by atoms with Gasteiger partial charge >= 0.3 is 0 Å². The molecule has 3 nitrogen and oxygen atoms in total. The highest BCUT2D eigenvalue weighted by atomic mass is 31.1. The van der Waals surface area contributed by atoms with Crippen LogP contribution < -0.4 is 0 Å². The molecule has 4 saturated heterocycles. The molecule has 0 spiro atoms. The van der Waals surface area contributed by atoms with Gasteiger partial charge in [-0.05, 0) is 46.4 Å². The van der Waals surface area contributed by atoms with Crippen molar-refractivity contribution in [1.82, 2.24) is 0 Å². The van der Waals surface area contributed by atoms with Crippen LogP contribution in [0.1, 0.15) is 60.3 Å². The molecule has 0 aromatic carbocycles. The topological polar surface area (TPSA) is 27.7 Å². The van der Waals surface area contributed by atoms with Gasteiger partial charge in [0.05, 0.1) is 11.2 Å². The van der Waals surface area contributed by atoms with Crippen molar-refractivity contribution in [2.45, 2.75) is 83.1 Å². The van der Waals surface area contributed by atoms with Crippen LogP contribution in [-0.2, 0) is 14.2 Å². The maximum atomic E-state index is 6.40. The molecule has 116 valence electrons. The fraction of sp³-hybridized carbons (Fsp3) is 1.00. The minimum absolute atomic E-state index is 0.0911. The van der Waals surface area contributed by atoms with Gasteiger partial charge in [-0.1, -0.05) is 13.3 Å². The van der Waals surface area contributed by atoms with Crippen molar-refractivity contribution in [3.63, 3.8) is 0 Å². The first-order valence-electron chi connectivity index (χ1n) is 8.04. The molecule has 0 aromatic heterocycles. The van der Waals surface area contributed by atoms with Gasteiger partial charge in [0, 0.05) is 18.8 Å². The molecule has 5 unspecified atom stereocenters. The van der Waals surface area contributed by atoms with Crippen LogP contribution in [-0.4, -0.2) is 35.1 Å². The van der Waals surface area contributed by atoms with E-state index in [9.17, 15) is 0 Å². The fourth-order valence-electron chi connectivity index (χ4n) is 4.99. The number of rotatable bonds is 5. The summed E-state index contributed by atoms with van der Waals surface area (Å²) in [5.41, 5.74) is -0.182. The van der Waals surface area contributed by atoms with E-state index in [2.05, 4.69) is 34.6 Å². The van der Waals surface area contributed by atoms with Crippen molar-refractivity contribution >= 4 is 8.58 Å². The van der Waals surface area contributed by atoms with Crippen LogP contribution in [0.15, 0.2) is 0 Å². The molecule has 4 fully saturated rings. The summed E-state index contributed by atoms with van der Waals surface area (Å²) in [6.07, 6.45) is 6.94. The zero-order valence-corrected chi connectivity index (χ0v) is 14.5. The molecule has 0 radical (unpaired) electrons. The van der Waals surface area contributed by atoms with Gasteiger partial charge in [0.2, 0.25) is 0 Å². The molecule has 0 amide bonds. The Morgan fingerprint density at radius 3 is 2.00 bits per heavy atom.